The van der Waals surface area contributed by atoms with E-state index in [1.807, 2.05) is 0 Å². The molecule has 8 nitrogen and oxygen atoms in total. The summed E-state index contributed by atoms with van der Waals surface area (Å²) < 4.78 is 0. The number of carbonyl (C=O) groups is 3. The monoisotopic (exact) mass is 353 g/mol. The van der Waals surface area contributed by atoms with Gasteiger partial charge in [-0.1, -0.05) is 0 Å². The predicted octanol–water partition coefficient (Wildman–Crippen LogP) is 2.91. The molecular weight excluding hydrogens is 334 g/mol. The zero-order valence-corrected chi connectivity index (χ0v) is 14.2. The number of Topliss-reactive ketones (excluding diaryl/α,β-unsaturated/α-hetero) is 1. The van der Waals surface area contributed by atoms with E-state index in [0.717, 1.165) is 0 Å². The van der Waals surface area contributed by atoms with Crippen molar-refractivity contribution in [2.24, 2.45) is 10.2 Å². The van der Waals surface area contributed by atoms with Gasteiger partial charge in [-0.25, -0.2) is 0 Å². The Labute approximate surface area is 150 Å². The van der Waals surface area contributed by atoms with Crippen molar-refractivity contribution < 1.29 is 14.4 Å². The fourth-order valence-electron chi connectivity index (χ4n) is 2.02. The second-order valence-corrected chi connectivity index (χ2v) is 5.51. The molecule has 26 heavy (non-hydrogen) atoms. The van der Waals surface area contributed by atoms with Gasteiger partial charge in [0.15, 0.2) is 5.78 Å². The molecule has 0 saturated heterocycles. The smallest absolute Gasteiger partial charge is 0.231 e. The Hall–Kier alpha value is -3.55. The highest BCUT2D eigenvalue weighted by Gasteiger charge is 2.09. The minimum atomic E-state index is -0.422. The lowest BCUT2D eigenvalue weighted by Crippen LogP contribution is -2.17. The van der Waals surface area contributed by atoms with Crippen LogP contribution in [-0.2, 0) is 14.4 Å². The molecule has 0 spiro atoms. The second-order valence-electron chi connectivity index (χ2n) is 5.51. The number of nitrogen functional groups attached to an aromatic ring is 1. The highest BCUT2D eigenvalue weighted by Crippen LogP contribution is 2.16. The SMILES string of the molecule is CC(=O)Nc1ccc(N=NCC(=O)CC(=O)Nc2ccc(N)cc2)cc1. The summed E-state index contributed by atoms with van der Waals surface area (Å²) in [5.74, 6) is -0.937. The normalized spacial score (nSPS) is 10.5. The number of nitrogens with zero attached hydrogens (tertiary/aromatic N) is 2. The zero-order valence-electron chi connectivity index (χ0n) is 14.2. The Morgan fingerprint density at radius 1 is 0.923 bits per heavy atom. The Morgan fingerprint density at radius 3 is 2.12 bits per heavy atom. The van der Waals surface area contributed by atoms with Crippen molar-refractivity contribution in [3.63, 3.8) is 0 Å². The van der Waals surface area contributed by atoms with Crippen LogP contribution in [0.25, 0.3) is 0 Å². The third kappa shape index (κ3) is 6.52. The van der Waals surface area contributed by atoms with Crippen LogP contribution in [0.3, 0.4) is 0 Å². The van der Waals surface area contributed by atoms with Crippen molar-refractivity contribution in [2.75, 3.05) is 22.9 Å². The summed E-state index contributed by atoms with van der Waals surface area (Å²) in [5, 5.41) is 13.0. The molecule has 2 aromatic rings. The van der Waals surface area contributed by atoms with E-state index in [1.54, 1.807) is 48.5 Å². The maximum absolute atomic E-state index is 11.8. The summed E-state index contributed by atoms with van der Waals surface area (Å²) >= 11 is 0. The van der Waals surface area contributed by atoms with Gasteiger partial charge in [0.1, 0.15) is 6.54 Å². The van der Waals surface area contributed by atoms with Crippen LogP contribution < -0.4 is 16.4 Å². The van der Waals surface area contributed by atoms with Crippen LogP contribution in [0.1, 0.15) is 13.3 Å². The molecule has 0 bridgehead atoms. The van der Waals surface area contributed by atoms with Crippen LogP contribution in [0.2, 0.25) is 0 Å². The number of benzene rings is 2. The first-order chi connectivity index (χ1) is 12.4. The summed E-state index contributed by atoms with van der Waals surface area (Å²) in [5.41, 5.74) is 7.90. The summed E-state index contributed by atoms with van der Waals surface area (Å²) in [6.07, 6.45) is -0.287. The lowest BCUT2D eigenvalue weighted by Gasteiger charge is -2.04. The number of anilines is 3. The Bertz CT molecular complexity index is 814. The summed E-state index contributed by atoms with van der Waals surface area (Å²) in [7, 11) is 0. The van der Waals surface area contributed by atoms with Crippen LogP contribution in [0.15, 0.2) is 58.8 Å². The van der Waals surface area contributed by atoms with E-state index in [2.05, 4.69) is 20.9 Å². The third-order valence-electron chi connectivity index (χ3n) is 3.17. The number of amides is 2. The Morgan fingerprint density at radius 2 is 1.50 bits per heavy atom. The lowest BCUT2D eigenvalue weighted by molar-refractivity contribution is -0.124. The van der Waals surface area contributed by atoms with E-state index in [9.17, 15) is 14.4 Å². The van der Waals surface area contributed by atoms with Gasteiger partial charge in [-0.05, 0) is 48.5 Å². The third-order valence-corrected chi connectivity index (χ3v) is 3.17. The fraction of sp³-hybridized carbons (Fsp3) is 0.167. The van der Waals surface area contributed by atoms with E-state index in [1.165, 1.54) is 6.92 Å². The number of carbonyl (C=O) groups excluding carboxylic acids is 3. The molecule has 0 unspecified atom stereocenters. The molecule has 2 rings (SSSR count). The molecule has 0 aliphatic carbocycles. The first-order valence-electron chi connectivity index (χ1n) is 7.84. The molecule has 8 heteroatoms. The molecular formula is C18H19N5O3. The van der Waals surface area contributed by atoms with Crippen molar-refractivity contribution in [1.82, 2.24) is 0 Å². The van der Waals surface area contributed by atoms with Gasteiger partial charge >= 0.3 is 0 Å². The number of hydrogen-bond acceptors (Lipinski definition) is 6. The van der Waals surface area contributed by atoms with Gasteiger partial charge in [0.2, 0.25) is 11.8 Å². The summed E-state index contributed by atoms with van der Waals surface area (Å²) in [4.78, 5) is 34.5. The summed E-state index contributed by atoms with van der Waals surface area (Å²) in [6, 6.07) is 13.3. The average molecular weight is 353 g/mol. The van der Waals surface area contributed by atoms with E-state index in [0.29, 0.717) is 22.7 Å². The molecule has 2 amide bonds. The number of azo groups is 1. The number of nitrogens with one attached hydrogen (secondary N) is 2. The van der Waals surface area contributed by atoms with E-state index in [-0.39, 0.29) is 24.7 Å². The van der Waals surface area contributed by atoms with Crippen LogP contribution in [0.4, 0.5) is 22.7 Å². The molecule has 0 atom stereocenters. The van der Waals surface area contributed by atoms with Gasteiger partial charge in [0, 0.05) is 24.0 Å². The first-order valence-corrected chi connectivity index (χ1v) is 7.84. The molecule has 0 radical (unpaired) electrons. The topological polar surface area (TPSA) is 126 Å². The van der Waals surface area contributed by atoms with Gasteiger partial charge in [0.25, 0.3) is 0 Å². The first kappa shape index (κ1) is 18.8. The van der Waals surface area contributed by atoms with Crippen molar-refractivity contribution in [3.8, 4) is 0 Å². The number of hydrogen-bond donors (Lipinski definition) is 3. The summed E-state index contributed by atoms with van der Waals surface area (Å²) in [6.45, 7) is 1.23. The molecule has 0 saturated carbocycles. The van der Waals surface area contributed by atoms with E-state index >= 15 is 0 Å². The van der Waals surface area contributed by atoms with Gasteiger partial charge in [-0.15, -0.1) is 0 Å². The standard InChI is InChI=1S/C18H19N5O3/c1-12(24)21-14-6-8-16(9-7-14)23-20-11-17(25)10-18(26)22-15-4-2-13(19)3-5-15/h2-9H,10-11,19H2,1H3,(H,21,24)(H,22,26). The van der Waals surface area contributed by atoms with Crippen molar-refractivity contribution in [3.05, 3.63) is 48.5 Å². The molecule has 0 aliphatic heterocycles. The van der Waals surface area contributed by atoms with Crippen LogP contribution in [0.5, 0.6) is 0 Å². The van der Waals surface area contributed by atoms with Crippen molar-refractivity contribution >= 4 is 40.3 Å². The van der Waals surface area contributed by atoms with Gasteiger partial charge in [0.05, 0.1) is 12.1 Å². The molecule has 4 N–H and O–H groups in total. The van der Waals surface area contributed by atoms with Crippen molar-refractivity contribution in [2.45, 2.75) is 13.3 Å². The van der Waals surface area contributed by atoms with Gasteiger partial charge in [-0.3, -0.25) is 14.4 Å². The molecule has 0 fully saturated rings. The molecule has 0 heterocycles. The molecule has 2 aromatic carbocycles. The number of rotatable bonds is 7. The van der Waals surface area contributed by atoms with E-state index in [4.69, 9.17) is 5.73 Å². The maximum atomic E-state index is 11.8. The highest BCUT2D eigenvalue weighted by atomic mass is 16.2. The Balaban J connectivity index is 1.78. The second kappa shape index (κ2) is 9.07. The molecule has 134 valence electrons. The molecule has 0 aromatic heterocycles. The maximum Gasteiger partial charge on any atom is 0.231 e. The lowest BCUT2D eigenvalue weighted by atomic mass is 10.2. The largest absolute Gasteiger partial charge is 0.399 e. The number of ketones is 1. The Kier molecular flexibility index (Phi) is 6.55. The highest BCUT2D eigenvalue weighted by molar-refractivity contribution is 6.05. The quantitative estimate of drug-likeness (QED) is 0.402. The van der Waals surface area contributed by atoms with Crippen LogP contribution >= 0.6 is 0 Å². The van der Waals surface area contributed by atoms with Crippen molar-refractivity contribution in [1.29, 1.82) is 0 Å². The van der Waals surface area contributed by atoms with E-state index < -0.39 is 5.91 Å². The van der Waals surface area contributed by atoms with Crippen LogP contribution in [-0.4, -0.2) is 24.1 Å². The van der Waals surface area contributed by atoms with Gasteiger partial charge < -0.3 is 16.4 Å². The predicted molar refractivity (Wildman–Crippen MR) is 99.2 cm³/mol. The fourth-order valence-corrected chi connectivity index (χ4v) is 2.02. The molecule has 0 aliphatic rings. The minimum Gasteiger partial charge on any atom is -0.399 e. The minimum absolute atomic E-state index is 0.165. The number of nitrogens with two attached hydrogens (primary N) is 1. The van der Waals surface area contributed by atoms with Crippen LogP contribution in [0, 0.1) is 0 Å². The average Bonchev–Trinajstić information content (AvgIpc) is 2.58. The van der Waals surface area contributed by atoms with Gasteiger partial charge in [-0.2, -0.15) is 10.2 Å². The zero-order chi connectivity index (χ0) is 18.9.